The van der Waals surface area contributed by atoms with E-state index in [4.69, 9.17) is 10.3 Å². The van der Waals surface area contributed by atoms with E-state index in [2.05, 4.69) is 25.3 Å². The van der Waals surface area contributed by atoms with Crippen LogP contribution in [0.25, 0.3) is 11.3 Å². The van der Waals surface area contributed by atoms with Crippen LogP contribution in [0.3, 0.4) is 0 Å². The van der Waals surface area contributed by atoms with Crippen molar-refractivity contribution in [3.05, 3.63) is 42.2 Å². The van der Waals surface area contributed by atoms with Crippen LogP contribution in [0.4, 0.5) is 0 Å². The lowest BCUT2D eigenvalue weighted by atomic mass is 10.0. The molecule has 2 heterocycles. The highest BCUT2D eigenvalue weighted by Gasteiger charge is 2.35. The summed E-state index contributed by atoms with van der Waals surface area (Å²) < 4.78 is 5.44. The smallest absolute Gasteiger partial charge is 0.237 e. The number of nitrogens with one attached hydrogen (secondary N) is 1. The number of piperazine rings is 1. The average molecular weight is 384 g/mol. The Hall–Kier alpha value is -2.87. The summed E-state index contributed by atoms with van der Waals surface area (Å²) in [6.07, 6.45) is 0. The molecule has 1 aliphatic heterocycles. The van der Waals surface area contributed by atoms with Crippen LogP contribution < -0.4 is 11.1 Å². The molecule has 3 N–H and O–H groups in total. The van der Waals surface area contributed by atoms with E-state index in [1.807, 2.05) is 50.2 Å². The highest BCUT2D eigenvalue weighted by molar-refractivity contribution is 5.84. The summed E-state index contributed by atoms with van der Waals surface area (Å²) in [5.41, 5.74) is 6.73. The Morgan fingerprint density at radius 1 is 1.25 bits per heavy atom. The van der Waals surface area contributed by atoms with E-state index < -0.39 is 5.54 Å². The van der Waals surface area contributed by atoms with Gasteiger partial charge in [-0.25, -0.2) is 0 Å². The van der Waals surface area contributed by atoms with Gasteiger partial charge in [0.2, 0.25) is 5.91 Å². The third kappa shape index (κ3) is 4.33. The minimum atomic E-state index is -0.642. The molecule has 1 amide bonds. The van der Waals surface area contributed by atoms with E-state index >= 15 is 0 Å². The number of carbonyl (C=O) groups excluding carboxylic acids is 1. The first-order valence-electron chi connectivity index (χ1n) is 9.43. The zero-order chi connectivity index (χ0) is 20.1. The van der Waals surface area contributed by atoms with Gasteiger partial charge in [-0.1, -0.05) is 35.5 Å². The normalized spacial score (nSPS) is 16.2. The molecular weight excluding hydrogens is 356 g/mol. The lowest BCUT2D eigenvalue weighted by molar-refractivity contribution is -0.129. The summed E-state index contributed by atoms with van der Waals surface area (Å²) in [6, 6.07) is 11.9. The van der Waals surface area contributed by atoms with Crippen LogP contribution in [-0.4, -0.2) is 65.6 Å². The van der Waals surface area contributed by atoms with E-state index in [-0.39, 0.29) is 5.91 Å². The Kier molecular flexibility index (Phi) is 5.99. The lowest BCUT2D eigenvalue weighted by Gasteiger charge is -2.43. The summed E-state index contributed by atoms with van der Waals surface area (Å²) in [7, 11) is 1.76. The van der Waals surface area contributed by atoms with Crippen molar-refractivity contribution in [1.29, 1.82) is 0 Å². The summed E-state index contributed by atoms with van der Waals surface area (Å²) in [4.78, 5) is 20.3. The highest BCUT2D eigenvalue weighted by Crippen LogP contribution is 2.19. The molecule has 0 aliphatic carbocycles. The predicted molar refractivity (Wildman–Crippen MR) is 109 cm³/mol. The maximum atomic E-state index is 11.7. The van der Waals surface area contributed by atoms with Crippen LogP contribution in [0, 0.1) is 0 Å². The van der Waals surface area contributed by atoms with Crippen molar-refractivity contribution in [2.24, 2.45) is 10.7 Å². The van der Waals surface area contributed by atoms with Crippen molar-refractivity contribution in [3.63, 3.8) is 0 Å². The maximum absolute atomic E-state index is 11.7. The van der Waals surface area contributed by atoms with Gasteiger partial charge < -0.3 is 20.5 Å². The molecule has 2 aromatic rings. The number of nitrogens with zero attached hydrogens (tertiary/aromatic N) is 4. The number of rotatable bonds is 5. The molecule has 1 aliphatic rings. The van der Waals surface area contributed by atoms with Crippen molar-refractivity contribution in [1.82, 2.24) is 20.3 Å². The molecule has 3 rings (SSSR count). The van der Waals surface area contributed by atoms with Gasteiger partial charge in [-0.05, 0) is 13.8 Å². The fourth-order valence-corrected chi connectivity index (χ4v) is 3.27. The van der Waals surface area contributed by atoms with Crippen molar-refractivity contribution in [2.75, 3.05) is 33.2 Å². The number of primary amides is 1. The van der Waals surface area contributed by atoms with Crippen LogP contribution >= 0.6 is 0 Å². The van der Waals surface area contributed by atoms with Crippen LogP contribution in [0.1, 0.15) is 19.6 Å². The molecule has 0 radical (unpaired) electrons. The molecule has 1 fully saturated rings. The van der Waals surface area contributed by atoms with E-state index in [9.17, 15) is 4.79 Å². The van der Waals surface area contributed by atoms with E-state index in [1.54, 1.807) is 7.05 Å². The van der Waals surface area contributed by atoms with E-state index in [0.29, 0.717) is 6.54 Å². The number of hydrogen-bond acceptors (Lipinski definition) is 5. The van der Waals surface area contributed by atoms with Gasteiger partial charge in [0.25, 0.3) is 0 Å². The van der Waals surface area contributed by atoms with E-state index in [1.165, 1.54) is 0 Å². The van der Waals surface area contributed by atoms with Gasteiger partial charge in [0.15, 0.2) is 11.7 Å². The topological polar surface area (TPSA) is 100.0 Å². The largest absolute Gasteiger partial charge is 0.368 e. The minimum absolute atomic E-state index is 0.303. The number of benzene rings is 1. The van der Waals surface area contributed by atoms with Crippen LogP contribution in [-0.2, 0) is 11.3 Å². The summed E-state index contributed by atoms with van der Waals surface area (Å²) in [6.45, 7) is 7.26. The Morgan fingerprint density at radius 3 is 2.54 bits per heavy atom. The summed E-state index contributed by atoms with van der Waals surface area (Å²) >= 11 is 0. The molecule has 1 saturated heterocycles. The average Bonchev–Trinajstić information content (AvgIpc) is 3.18. The van der Waals surface area contributed by atoms with Gasteiger partial charge >= 0.3 is 0 Å². The molecule has 0 atom stereocenters. The van der Waals surface area contributed by atoms with Gasteiger partial charge in [0.1, 0.15) is 5.69 Å². The first-order valence-corrected chi connectivity index (χ1v) is 9.43. The standard InChI is InChI=1S/C20H28N6O2/c1-20(2,18(21)27)26-11-9-25(10-12-26)19(22-3)23-14-16-13-17(24-28-16)15-7-5-4-6-8-15/h4-8,13H,9-12,14H2,1-3H3,(H2,21,27)(H,22,23). The number of nitrogens with two attached hydrogens (primary N) is 1. The van der Waals surface area contributed by atoms with Crippen LogP contribution in [0.15, 0.2) is 45.9 Å². The van der Waals surface area contributed by atoms with Gasteiger partial charge in [0.05, 0.1) is 12.1 Å². The van der Waals surface area contributed by atoms with Crippen LogP contribution in [0.2, 0.25) is 0 Å². The summed E-state index contributed by atoms with van der Waals surface area (Å²) in [5, 5.41) is 7.47. The second kappa shape index (κ2) is 8.43. The molecule has 1 aromatic carbocycles. The maximum Gasteiger partial charge on any atom is 0.237 e. The zero-order valence-corrected chi connectivity index (χ0v) is 16.7. The molecule has 0 bridgehead atoms. The molecule has 8 heteroatoms. The number of aromatic nitrogens is 1. The quantitative estimate of drug-likeness (QED) is 0.595. The Bertz CT molecular complexity index is 822. The molecular formula is C20H28N6O2. The second-order valence-corrected chi connectivity index (χ2v) is 7.34. The van der Waals surface area contributed by atoms with E-state index in [0.717, 1.165) is 49.2 Å². The zero-order valence-electron chi connectivity index (χ0n) is 16.7. The van der Waals surface area contributed by atoms with Gasteiger partial charge in [-0.3, -0.25) is 14.7 Å². The lowest BCUT2D eigenvalue weighted by Crippen LogP contribution is -2.61. The number of guanidine groups is 1. The first kappa shape index (κ1) is 19.9. The van der Waals surface area contributed by atoms with Gasteiger partial charge in [-0.2, -0.15) is 0 Å². The molecule has 28 heavy (non-hydrogen) atoms. The van der Waals surface area contributed by atoms with Crippen LogP contribution in [0.5, 0.6) is 0 Å². The monoisotopic (exact) mass is 384 g/mol. The fourth-order valence-electron chi connectivity index (χ4n) is 3.27. The minimum Gasteiger partial charge on any atom is -0.368 e. The Labute approximate surface area is 165 Å². The summed E-state index contributed by atoms with van der Waals surface area (Å²) in [5.74, 6) is 1.24. The molecule has 0 unspecified atom stereocenters. The van der Waals surface area contributed by atoms with Gasteiger partial charge in [0, 0.05) is 44.9 Å². The molecule has 0 saturated carbocycles. The van der Waals surface area contributed by atoms with Crippen molar-refractivity contribution in [3.8, 4) is 11.3 Å². The number of carbonyl (C=O) groups is 1. The molecule has 1 aromatic heterocycles. The van der Waals surface area contributed by atoms with Crippen molar-refractivity contribution < 1.29 is 9.32 Å². The third-order valence-corrected chi connectivity index (χ3v) is 5.23. The van der Waals surface area contributed by atoms with Crippen molar-refractivity contribution >= 4 is 11.9 Å². The SMILES string of the molecule is CN=C(NCc1cc(-c2ccccc2)no1)N1CCN(C(C)(C)C(N)=O)CC1. The predicted octanol–water partition coefficient (Wildman–Crippen LogP) is 1.30. The Balaban J connectivity index is 1.55. The molecule has 8 nitrogen and oxygen atoms in total. The molecule has 150 valence electrons. The second-order valence-electron chi connectivity index (χ2n) is 7.34. The first-order chi connectivity index (χ1) is 13.4. The third-order valence-electron chi connectivity index (χ3n) is 5.23. The highest BCUT2D eigenvalue weighted by atomic mass is 16.5. The number of amides is 1. The fraction of sp³-hybridized carbons (Fsp3) is 0.450. The number of aliphatic imine (C=N–C) groups is 1. The Morgan fingerprint density at radius 2 is 1.93 bits per heavy atom. The van der Waals surface area contributed by atoms with Crippen molar-refractivity contribution in [2.45, 2.75) is 25.9 Å². The molecule has 0 spiro atoms. The van der Waals surface area contributed by atoms with Gasteiger partial charge in [-0.15, -0.1) is 0 Å². The number of hydrogen-bond donors (Lipinski definition) is 2.